The van der Waals surface area contributed by atoms with Crippen molar-refractivity contribution < 1.29 is 19.1 Å². The number of benzene rings is 1. The van der Waals surface area contributed by atoms with E-state index in [0.717, 1.165) is 6.07 Å². The summed E-state index contributed by atoms with van der Waals surface area (Å²) in [6.07, 6.45) is 0.484. The Bertz CT molecular complexity index is 480. The Balaban J connectivity index is 2.67. The van der Waals surface area contributed by atoms with Crippen molar-refractivity contribution in [2.75, 3.05) is 6.54 Å². The van der Waals surface area contributed by atoms with Gasteiger partial charge in [-0.05, 0) is 43.0 Å². The lowest BCUT2D eigenvalue weighted by Gasteiger charge is -2.15. The largest absolute Gasteiger partial charge is 0.481 e. The minimum atomic E-state index is -0.936. The van der Waals surface area contributed by atoms with Crippen molar-refractivity contribution in [3.63, 3.8) is 0 Å². The fourth-order valence-corrected chi connectivity index (χ4v) is 2.03. The van der Waals surface area contributed by atoms with E-state index in [0.29, 0.717) is 12.0 Å². The Hall–Kier alpha value is -1.91. The molecule has 1 aromatic carbocycles. The average Bonchev–Trinajstić information content (AvgIpc) is 2.32. The highest BCUT2D eigenvalue weighted by atomic mass is 19.1. The third-order valence-electron chi connectivity index (χ3n) is 2.92. The molecule has 0 fully saturated rings. The third-order valence-corrected chi connectivity index (χ3v) is 2.92. The number of hydrogen-bond donors (Lipinski definition) is 2. The van der Waals surface area contributed by atoms with E-state index in [1.807, 2.05) is 13.8 Å². The number of nitrogens with one attached hydrogen (secondary N) is 1. The Kier molecular flexibility index (Phi) is 5.67. The van der Waals surface area contributed by atoms with Crippen molar-refractivity contribution in [3.05, 3.63) is 35.1 Å². The van der Waals surface area contributed by atoms with Crippen LogP contribution < -0.4 is 5.32 Å². The molecule has 0 aliphatic rings. The van der Waals surface area contributed by atoms with E-state index in [-0.39, 0.29) is 18.0 Å². The van der Waals surface area contributed by atoms with Crippen LogP contribution in [0.3, 0.4) is 0 Å². The van der Waals surface area contributed by atoms with Crippen LogP contribution in [-0.4, -0.2) is 23.5 Å². The maximum absolute atomic E-state index is 13.2. The molecule has 0 radical (unpaired) electrons. The molecule has 1 rings (SSSR count). The van der Waals surface area contributed by atoms with Crippen LogP contribution in [0.1, 0.15) is 36.2 Å². The Morgan fingerprint density at radius 1 is 1.30 bits per heavy atom. The van der Waals surface area contributed by atoms with Crippen molar-refractivity contribution in [1.29, 1.82) is 0 Å². The topological polar surface area (TPSA) is 66.4 Å². The van der Waals surface area contributed by atoms with Gasteiger partial charge >= 0.3 is 5.97 Å². The van der Waals surface area contributed by atoms with E-state index in [4.69, 9.17) is 5.11 Å². The highest BCUT2D eigenvalue weighted by molar-refractivity contribution is 5.94. The first-order valence-electron chi connectivity index (χ1n) is 6.57. The van der Waals surface area contributed by atoms with Crippen LogP contribution in [0.15, 0.2) is 18.2 Å². The molecule has 0 aliphatic heterocycles. The molecular formula is C15H20FNO3. The Morgan fingerprint density at radius 2 is 1.95 bits per heavy atom. The van der Waals surface area contributed by atoms with E-state index < -0.39 is 23.6 Å². The second-order valence-electron chi connectivity index (χ2n) is 5.39. The number of aliphatic carboxylic acids is 1. The minimum Gasteiger partial charge on any atom is -0.481 e. The number of carbonyl (C=O) groups excluding carboxylic acids is 1. The van der Waals surface area contributed by atoms with Crippen LogP contribution in [0.2, 0.25) is 0 Å². The van der Waals surface area contributed by atoms with Crippen molar-refractivity contribution in [3.8, 4) is 0 Å². The van der Waals surface area contributed by atoms with Gasteiger partial charge in [0.2, 0.25) is 0 Å². The van der Waals surface area contributed by atoms with Crippen LogP contribution in [0.25, 0.3) is 0 Å². The summed E-state index contributed by atoms with van der Waals surface area (Å²) in [5.41, 5.74) is 0.850. The molecule has 5 heteroatoms. The zero-order chi connectivity index (χ0) is 15.3. The third kappa shape index (κ3) is 4.99. The van der Waals surface area contributed by atoms with Crippen LogP contribution in [-0.2, 0) is 4.79 Å². The van der Waals surface area contributed by atoms with Crippen molar-refractivity contribution >= 4 is 11.9 Å². The van der Waals surface area contributed by atoms with Crippen LogP contribution in [0, 0.1) is 24.6 Å². The summed E-state index contributed by atoms with van der Waals surface area (Å²) in [5.74, 6) is -2.28. The summed E-state index contributed by atoms with van der Waals surface area (Å²) < 4.78 is 13.2. The summed E-state index contributed by atoms with van der Waals surface area (Å²) in [7, 11) is 0. The molecule has 0 aliphatic carbocycles. The molecule has 0 saturated carbocycles. The van der Waals surface area contributed by atoms with Gasteiger partial charge < -0.3 is 10.4 Å². The molecule has 20 heavy (non-hydrogen) atoms. The van der Waals surface area contributed by atoms with Crippen molar-refractivity contribution in [2.24, 2.45) is 11.8 Å². The molecule has 1 atom stereocenters. The number of aryl methyl sites for hydroxylation is 1. The molecule has 110 valence electrons. The molecule has 1 amide bonds. The number of amides is 1. The number of carboxylic acid groups (broad SMARTS) is 1. The monoisotopic (exact) mass is 281 g/mol. The predicted octanol–water partition coefficient (Wildman–Crippen LogP) is 2.61. The lowest BCUT2D eigenvalue weighted by molar-refractivity contribution is -0.142. The van der Waals surface area contributed by atoms with Gasteiger partial charge in [0.15, 0.2) is 0 Å². The quantitative estimate of drug-likeness (QED) is 0.842. The Labute approximate surface area is 118 Å². The highest BCUT2D eigenvalue weighted by Crippen LogP contribution is 2.12. The SMILES string of the molecule is Cc1cc(F)cc(C(=O)NCC(CC(C)C)C(=O)O)c1. The summed E-state index contributed by atoms with van der Waals surface area (Å²) in [6, 6.07) is 4.03. The lowest BCUT2D eigenvalue weighted by atomic mass is 9.97. The standard InChI is InChI=1S/C15H20FNO3/c1-9(2)4-12(15(19)20)8-17-14(18)11-5-10(3)6-13(16)7-11/h5-7,9,12H,4,8H2,1-3H3,(H,17,18)(H,19,20). The van der Waals surface area contributed by atoms with Gasteiger partial charge in [-0.1, -0.05) is 13.8 Å². The molecule has 1 aromatic rings. The smallest absolute Gasteiger partial charge is 0.308 e. The molecule has 2 N–H and O–H groups in total. The first-order chi connectivity index (χ1) is 9.29. The number of halogens is 1. The van der Waals surface area contributed by atoms with Gasteiger partial charge in [0.05, 0.1) is 5.92 Å². The zero-order valence-corrected chi connectivity index (χ0v) is 11.9. The summed E-state index contributed by atoms with van der Waals surface area (Å²) in [5, 5.41) is 11.6. The van der Waals surface area contributed by atoms with Gasteiger partial charge in [-0.3, -0.25) is 9.59 Å². The van der Waals surface area contributed by atoms with Gasteiger partial charge in [0.1, 0.15) is 5.82 Å². The van der Waals surface area contributed by atoms with Gasteiger partial charge in [-0.15, -0.1) is 0 Å². The number of rotatable bonds is 6. The molecule has 0 aromatic heterocycles. The molecule has 0 spiro atoms. The molecular weight excluding hydrogens is 261 g/mol. The molecule has 0 heterocycles. The van der Waals surface area contributed by atoms with E-state index >= 15 is 0 Å². The van der Waals surface area contributed by atoms with Gasteiger partial charge in [-0.2, -0.15) is 0 Å². The van der Waals surface area contributed by atoms with E-state index in [1.165, 1.54) is 6.07 Å². The molecule has 1 unspecified atom stereocenters. The molecule has 0 bridgehead atoms. The summed E-state index contributed by atoms with van der Waals surface area (Å²) in [4.78, 5) is 23.0. The minimum absolute atomic E-state index is 0.0436. The summed E-state index contributed by atoms with van der Waals surface area (Å²) >= 11 is 0. The van der Waals surface area contributed by atoms with Gasteiger partial charge in [0.25, 0.3) is 5.91 Å². The fourth-order valence-electron chi connectivity index (χ4n) is 2.03. The van der Waals surface area contributed by atoms with Crippen molar-refractivity contribution in [1.82, 2.24) is 5.32 Å². The number of hydrogen-bond acceptors (Lipinski definition) is 2. The first-order valence-corrected chi connectivity index (χ1v) is 6.57. The van der Waals surface area contributed by atoms with Gasteiger partial charge in [0, 0.05) is 12.1 Å². The van der Waals surface area contributed by atoms with Crippen LogP contribution in [0.4, 0.5) is 4.39 Å². The van der Waals surface area contributed by atoms with Crippen molar-refractivity contribution in [2.45, 2.75) is 27.2 Å². The average molecular weight is 281 g/mol. The maximum Gasteiger partial charge on any atom is 0.308 e. The van der Waals surface area contributed by atoms with E-state index in [9.17, 15) is 14.0 Å². The first kappa shape index (κ1) is 16.1. The highest BCUT2D eigenvalue weighted by Gasteiger charge is 2.20. The second-order valence-corrected chi connectivity index (χ2v) is 5.39. The lowest BCUT2D eigenvalue weighted by Crippen LogP contribution is -2.33. The van der Waals surface area contributed by atoms with Crippen LogP contribution >= 0.6 is 0 Å². The number of carbonyl (C=O) groups is 2. The fraction of sp³-hybridized carbons (Fsp3) is 0.467. The molecule has 4 nitrogen and oxygen atoms in total. The second kappa shape index (κ2) is 7.03. The normalized spacial score (nSPS) is 12.2. The predicted molar refractivity (Wildman–Crippen MR) is 74.1 cm³/mol. The maximum atomic E-state index is 13.2. The van der Waals surface area contributed by atoms with E-state index in [1.54, 1.807) is 13.0 Å². The number of carboxylic acids is 1. The zero-order valence-electron chi connectivity index (χ0n) is 11.9. The van der Waals surface area contributed by atoms with Gasteiger partial charge in [-0.25, -0.2) is 4.39 Å². The van der Waals surface area contributed by atoms with Crippen LogP contribution in [0.5, 0.6) is 0 Å². The molecule has 0 saturated heterocycles. The van der Waals surface area contributed by atoms with E-state index in [2.05, 4.69) is 5.32 Å². The summed E-state index contributed by atoms with van der Waals surface area (Å²) in [6.45, 7) is 5.59. The Morgan fingerprint density at radius 3 is 2.45 bits per heavy atom.